The number of esters is 2. The fraction of sp³-hybridized carbons (Fsp3) is 0.778. The van der Waals surface area contributed by atoms with Crippen LogP contribution < -0.4 is 5.32 Å². The smallest absolute Gasteiger partial charge is 0.408 e. The third kappa shape index (κ3) is 9.25. The first-order valence-electron chi connectivity index (χ1n) is 8.94. The van der Waals surface area contributed by atoms with E-state index >= 15 is 0 Å². The highest BCUT2D eigenvalue weighted by molar-refractivity contribution is 5.86. The lowest BCUT2D eigenvalue weighted by atomic mass is 9.98. The van der Waals surface area contributed by atoms with E-state index in [0.29, 0.717) is 0 Å². The van der Waals surface area contributed by atoms with Crippen LogP contribution in [0.25, 0.3) is 0 Å². The molecular weight excluding hydrogens is 340 g/mol. The van der Waals surface area contributed by atoms with Crippen LogP contribution in [0.4, 0.5) is 4.79 Å². The van der Waals surface area contributed by atoms with Gasteiger partial charge in [0.2, 0.25) is 0 Å². The monoisotopic (exact) mass is 368 g/mol. The predicted molar refractivity (Wildman–Crippen MR) is 91.9 cm³/mol. The molecule has 0 unspecified atom stereocenters. The van der Waals surface area contributed by atoms with Gasteiger partial charge in [-0.1, -0.05) is 6.42 Å². The van der Waals surface area contributed by atoms with Gasteiger partial charge in [-0.3, -0.25) is 4.79 Å². The van der Waals surface area contributed by atoms with E-state index in [0.717, 1.165) is 32.1 Å². The molecule has 0 radical (unpaired) electrons. The lowest BCUT2D eigenvalue weighted by Crippen LogP contribution is -2.46. The average molecular weight is 368 g/mol. The van der Waals surface area contributed by atoms with E-state index in [4.69, 9.17) is 19.5 Å². The molecule has 1 atom stereocenters. The Bertz CT molecular complexity index is 529. The van der Waals surface area contributed by atoms with Crippen LogP contribution in [0.2, 0.25) is 0 Å². The molecule has 0 bridgehead atoms. The Morgan fingerprint density at radius 3 is 2.42 bits per heavy atom. The third-order valence-corrected chi connectivity index (χ3v) is 3.65. The van der Waals surface area contributed by atoms with Crippen molar-refractivity contribution in [2.45, 2.75) is 83.5 Å². The molecule has 0 aliphatic heterocycles. The number of nitrogens with one attached hydrogen (secondary N) is 1. The Labute approximate surface area is 154 Å². The molecule has 1 aliphatic carbocycles. The largest absolute Gasteiger partial charge is 0.463 e. The molecule has 1 N–H and O–H groups in total. The summed E-state index contributed by atoms with van der Waals surface area (Å²) in [5, 5.41) is 10.9. The Morgan fingerprint density at radius 1 is 1.19 bits per heavy atom. The van der Waals surface area contributed by atoms with Gasteiger partial charge in [0.05, 0.1) is 18.9 Å². The van der Waals surface area contributed by atoms with Crippen molar-refractivity contribution in [3.63, 3.8) is 0 Å². The summed E-state index contributed by atoms with van der Waals surface area (Å²) in [7, 11) is 0. The molecule has 0 aromatic rings. The number of nitriles is 1. The fourth-order valence-electron chi connectivity index (χ4n) is 2.52. The molecule has 1 fully saturated rings. The number of carbonyl (C=O) groups excluding carboxylic acids is 3. The summed E-state index contributed by atoms with van der Waals surface area (Å²) in [5.41, 5.74) is -0.748. The van der Waals surface area contributed by atoms with Gasteiger partial charge in [0, 0.05) is 0 Å². The number of rotatable bonds is 7. The van der Waals surface area contributed by atoms with Crippen LogP contribution in [-0.4, -0.2) is 42.4 Å². The molecule has 0 heterocycles. The van der Waals surface area contributed by atoms with Crippen LogP contribution in [0.15, 0.2) is 0 Å². The van der Waals surface area contributed by atoms with E-state index in [1.54, 1.807) is 20.8 Å². The lowest BCUT2D eigenvalue weighted by molar-refractivity contribution is -0.156. The predicted octanol–water partition coefficient (Wildman–Crippen LogP) is 2.60. The SMILES string of the molecule is CC(C)(C)OC(=O)N[C@@H](CC(=O)OC1CCCCC1)C(=O)OCCC#N. The third-order valence-electron chi connectivity index (χ3n) is 3.65. The van der Waals surface area contributed by atoms with Crippen LogP contribution >= 0.6 is 0 Å². The van der Waals surface area contributed by atoms with E-state index in [1.165, 1.54) is 0 Å². The van der Waals surface area contributed by atoms with Gasteiger partial charge in [-0.2, -0.15) is 5.26 Å². The number of ether oxygens (including phenoxy) is 3. The molecule has 0 saturated heterocycles. The second-order valence-corrected chi connectivity index (χ2v) is 7.23. The zero-order valence-electron chi connectivity index (χ0n) is 15.7. The summed E-state index contributed by atoms with van der Waals surface area (Å²) < 4.78 is 15.4. The minimum atomic E-state index is -1.22. The summed E-state index contributed by atoms with van der Waals surface area (Å²) in [6, 6.07) is 0.625. The molecule has 1 saturated carbocycles. The van der Waals surface area contributed by atoms with Crippen molar-refractivity contribution in [2.24, 2.45) is 0 Å². The van der Waals surface area contributed by atoms with Gasteiger partial charge in [0.25, 0.3) is 0 Å². The molecule has 0 aromatic carbocycles. The zero-order chi connectivity index (χ0) is 19.6. The maximum absolute atomic E-state index is 12.1. The number of alkyl carbamates (subject to hydrolysis) is 1. The van der Waals surface area contributed by atoms with Gasteiger partial charge in [0.1, 0.15) is 24.4 Å². The minimum absolute atomic E-state index is 0.0252. The number of hydrogen-bond acceptors (Lipinski definition) is 7. The molecule has 0 spiro atoms. The van der Waals surface area contributed by atoms with Gasteiger partial charge in [-0.25, -0.2) is 9.59 Å². The highest BCUT2D eigenvalue weighted by Crippen LogP contribution is 2.21. The van der Waals surface area contributed by atoms with Crippen LogP contribution in [0.3, 0.4) is 0 Å². The van der Waals surface area contributed by atoms with Gasteiger partial charge < -0.3 is 19.5 Å². The molecule has 1 aliphatic rings. The van der Waals surface area contributed by atoms with Gasteiger partial charge in [-0.15, -0.1) is 0 Å². The second-order valence-electron chi connectivity index (χ2n) is 7.23. The summed E-state index contributed by atoms with van der Waals surface area (Å²) in [6.07, 6.45) is 3.46. The highest BCUT2D eigenvalue weighted by atomic mass is 16.6. The van der Waals surface area contributed by atoms with Crippen LogP contribution in [-0.2, 0) is 23.8 Å². The minimum Gasteiger partial charge on any atom is -0.463 e. The first-order chi connectivity index (χ1) is 12.2. The van der Waals surface area contributed by atoms with E-state index in [2.05, 4.69) is 5.32 Å². The van der Waals surface area contributed by atoms with E-state index in [-0.39, 0.29) is 25.6 Å². The van der Waals surface area contributed by atoms with Crippen molar-refractivity contribution in [1.82, 2.24) is 5.32 Å². The molecular formula is C18H28N2O6. The van der Waals surface area contributed by atoms with Crippen molar-refractivity contribution in [3.8, 4) is 6.07 Å². The maximum atomic E-state index is 12.1. The first kappa shape index (κ1) is 21.7. The van der Waals surface area contributed by atoms with Gasteiger partial charge >= 0.3 is 18.0 Å². The normalized spacial score (nSPS) is 16.1. The van der Waals surface area contributed by atoms with E-state index < -0.39 is 29.7 Å². The fourth-order valence-corrected chi connectivity index (χ4v) is 2.52. The van der Waals surface area contributed by atoms with Crippen LogP contribution in [0.5, 0.6) is 0 Å². The van der Waals surface area contributed by atoms with Crippen molar-refractivity contribution >= 4 is 18.0 Å². The summed E-state index contributed by atoms with van der Waals surface area (Å²) in [6.45, 7) is 4.94. The van der Waals surface area contributed by atoms with Crippen molar-refractivity contribution < 1.29 is 28.6 Å². The lowest BCUT2D eigenvalue weighted by Gasteiger charge is -2.24. The molecule has 146 valence electrons. The standard InChI is InChI=1S/C18H28N2O6/c1-18(2,3)26-17(23)20-14(16(22)24-11-7-10-19)12-15(21)25-13-8-5-4-6-9-13/h13-14H,4-9,11-12H2,1-3H3,(H,20,23)/t14-/m0/s1. The van der Waals surface area contributed by atoms with E-state index in [1.807, 2.05) is 6.07 Å². The van der Waals surface area contributed by atoms with Crippen LogP contribution in [0.1, 0.15) is 65.7 Å². The number of hydrogen-bond donors (Lipinski definition) is 1. The highest BCUT2D eigenvalue weighted by Gasteiger charge is 2.29. The molecule has 1 amide bonds. The molecule has 8 heteroatoms. The molecule has 26 heavy (non-hydrogen) atoms. The zero-order valence-corrected chi connectivity index (χ0v) is 15.7. The number of amides is 1. The van der Waals surface area contributed by atoms with Gasteiger partial charge in [0.15, 0.2) is 0 Å². The Balaban J connectivity index is 2.63. The van der Waals surface area contributed by atoms with Crippen molar-refractivity contribution in [2.75, 3.05) is 6.61 Å². The summed E-state index contributed by atoms with van der Waals surface area (Å²) in [4.78, 5) is 36.2. The second kappa shape index (κ2) is 10.6. The maximum Gasteiger partial charge on any atom is 0.408 e. The number of carbonyl (C=O) groups is 3. The topological polar surface area (TPSA) is 115 Å². The van der Waals surface area contributed by atoms with Crippen molar-refractivity contribution in [3.05, 3.63) is 0 Å². The van der Waals surface area contributed by atoms with Crippen LogP contribution in [0, 0.1) is 11.3 Å². The van der Waals surface area contributed by atoms with Crippen molar-refractivity contribution in [1.29, 1.82) is 5.26 Å². The Kier molecular flexibility index (Phi) is 8.90. The average Bonchev–Trinajstić information content (AvgIpc) is 2.53. The first-order valence-corrected chi connectivity index (χ1v) is 8.94. The molecule has 8 nitrogen and oxygen atoms in total. The quantitative estimate of drug-likeness (QED) is 0.417. The number of nitrogens with zero attached hydrogens (tertiary/aromatic N) is 1. The van der Waals surface area contributed by atoms with E-state index in [9.17, 15) is 14.4 Å². The summed E-state index contributed by atoms with van der Waals surface area (Å²) >= 11 is 0. The molecule has 0 aromatic heterocycles. The Hall–Kier alpha value is -2.30. The Morgan fingerprint density at radius 2 is 1.85 bits per heavy atom. The van der Waals surface area contributed by atoms with Gasteiger partial charge in [-0.05, 0) is 46.5 Å². The molecule has 1 rings (SSSR count). The summed E-state index contributed by atoms with van der Waals surface area (Å²) in [5.74, 6) is -1.37.